The molecule has 1 aromatic carbocycles. The van der Waals surface area contributed by atoms with Crippen molar-refractivity contribution in [1.82, 2.24) is 19.9 Å². The van der Waals surface area contributed by atoms with Gasteiger partial charge in [0.05, 0.1) is 5.69 Å². The Kier molecular flexibility index (Phi) is 7.19. The number of aryl methyl sites for hydroxylation is 1. The van der Waals surface area contributed by atoms with E-state index in [4.69, 9.17) is 4.98 Å². The first-order valence-corrected chi connectivity index (χ1v) is 13.4. The van der Waals surface area contributed by atoms with Gasteiger partial charge in [0.1, 0.15) is 11.6 Å². The summed E-state index contributed by atoms with van der Waals surface area (Å²) in [4.78, 5) is 30.4. The number of nitrogens with zero attached hydrogens (tertiary/aromatic N) is 4. The highest BCUT2D eigenvalue weighted by atomic mass is 32.1. The summed E-state index contributed by atoms with van der Waals surface area (Å²) in [7, 11) is 0. The first-order valence-electron chi connectivity index (χ1n) is 12.5. The van der Waals surface area contributed by atoms with Crippen LogP contribution in [0, 0.1) is 12.8 Å². The minimum atomic E-state index is 0.229. The van der Waals surface area contributed by atoms with Crippen LogP contribution in [0.1, 0.15) is 72.8 Å². The third-order valence-electron chi connectivity index (χ3n) is 6.97. The Balaban J connectivity index is 1.26. The zero-order valence-electron chi connectivity index (χ0n) is 19.9. The van der Waals surface area contributed by atoms with Crippen molar-refractivity contribution in [1.29, 1.82) is 0 Å². The molecule has 1 aliphatic carbocycles. The predicted octanol–water partition coefficient (Wildman–Crippen LogP) is 5.86. The molecule has 5 rings (SSSR count). The van der Waals surface area contributed by atoms with Crippen LogP contribution in [0.2, 0.25) is 0 Å². The molecule has 1 N–H and O–H groups in total. The number of thiazole rings is 1. The van der Waals surface area contributed by atoms with Gasteiger partial charge in [0.15, 0.2) is 5.13 Å². The molecular weight excluding hydrogens is 442 g/mol. The molecule has 34 heavy (non-hydrogen) atoms. The number of piperidine rings is 1. The topological polar surface area (TPSA) is 71.0 Å². The summed E-state index contributed by atoms with van der Waals surface area (Å²) < 4.78 is 0. The lowest BCUT2D eigenvalue weighted by molar-refractivity contribution is -0.137. The van der Waals surface area contributed by atoms with Gasteiger partial charge in [-0.25, -0.2) is 15.0 Å². The van der Waals surface area contributed by atoms with Crippen molar-refractivity contribution in [3.63, 3.8) is 0 Å². The number of likely N-dealkylation sites (tertiary alicyclic amines) is 1. The van der Waals surface area contributed by atoms with Gasteiger partial charge in [-0.1, -0.05) is 49.6 Å². The van der Waals surface area contributed by atoms with Crippen molar-refractivity contribution in [3.8, 4) is 0 Å². The number of carbonyl (C=O) groups is 1. The van der Waals surface area contributed by atoms with E-state index in [9.17, 15) is 4.79 Å². The van der Waals surface area contributed by atoms with E-state index in [-0.39, 0.29) is 11.8 Å². The van der Waals surface area contributed by atoms with E-state index in [2.05, 4.69) is 44.5 Å². The van der Waals surface area contributed by atoms with Crippen LogP contribution in [0.15, 0.2) is 42.6 Å². The monoisotopic (exact) mass is 475 g/mol. The molecule has 3 aromatic rings. The molecule has 1 atom stereocenters. The smallest absolute Gasteiger partial charge is 0.225 e. The summed E-state index contributed by atoms with van der Waals surface area (Å²) in [5.74, 6) is 2.37. The molecule has 2 aromatic heterocycles. The van der Waals surface area contributed by atoms with Crippen LogP contribution in [0.5, 0.6) is 0 Å². The highest BCUT2D eigenvalue weighted by Gasteiger charge is 2.31. The second-order valence-corrected chi connectivity index (χ2v) is 10.7. The van der Waals surface area contributed by atoms with Crippen molar-refractivity contribution in [2.45, 2.75) is 64.2 Å². The van der Waals surface area contributed by atoms with E-state index in [1.54, 1.807) is 11.3 Å². The van der Waals surface area contributed by atoms with Crippen molar-refractivity contribution in [2.24, 2.45) is 5.92 Å². The molecule has 0 radical (unpaired) electrons. The Morgan fingerprint density at radius 2 is 1.91 bits per heavy atom. The van der Waals surface area contributed by atoms with Crippen LogP contribution in [0.4, 0.5) is 10.9 Å². The third kappa shape index (κ3) is 5.63. The van der Waals surface area contributed by atoms with E-state index in [1.165, 1.54) is 29.7 Å². The molecular formula is C27H33N5OS. The Morgan fingerprint density at radius 1 is 1.09 bits per heavy atom. The standard InChI is InChI=1S/C27H33N5OS/c1-19-29-24(22-13-8-14-32(18-22)26(33)21-11-6-3-7-12-21)16-25(30-19)31-27-28-17-23(34-27)15-20-9-4-2-5-10-20/h2,4-5,9-10,16-17,21-22H,3,6-8,11-15,18H2,1H3,(H,28,29,30,31). The number of nitrogens with one attached hydrogen (secondary N) is 1. The fraction of sp³-hybridized carbons (Fsp3) is 0.481. The fourth-order valence-electron chi connectivity index (χ4n) is 5.24. The van der Waals surface area contributed by atoms with Gasteiger partial charge in [-0.15, -0.1) is 11.3 Å². The van der Waals surface area contributed by atoms with Crippen LogP contribution in [0.3, 0.4) is 0 Å². The Labute approximate surface area is 205 Å². The Bertz CT molecular complexity index is 1110. The zero-order valence-corrected chi connectivity index (χ0v) is 20.7. The lowest BCUT2D eigenvalue weighted by Crippen LogP contribution is -2.43. The SMILES string of the molecule is Cc1nc(Nc2ncc(Cc3ccccc3)s2)cc(C2CCCN(C(=O)C3CCCCC3)C2)n1. The summed E-state index contributed by atoms with van der Waals surface area (Å²) in [5.41, 5.74) is 2.31. The van der Waals surface area contributed by atoms with E-state index in [0.717, 1.165) is 67.7 Å². The summed E-state index contributed by atoms with van der Waals surface area (Å²) in [6, 6.07) is 12.5. The molecule has 7 heteroatoms. The molecule has 2 aliphatic rings. The molecule has 1 unspecified atom stereocenters. The van der Waals surface area contributed by atoms with Gasteiger partial charge in [-0.05, 0) is 38.2 Å². The Hall–Kier alpha value is -2.80. The maximum atomic E-state index is 13.1. The summed E-state index contributed by atoms with van der Waals surface area (Å²) >= 11 is 1.65. The number of rotatable bonds is 6. The largest absolute Gasteiger partial charge is 0.342 e. The van der Waals surface area contributed by atoms with Gasteiger partial charge in [0.25, 0.3) is 0 Å². The lowest BCUT2D eigenvalue weighted by Gasteiger charge is -2.35. The average Bonchev–Trinajstić information content (AvgIpc) is 3.31. The minimum Gasteiger partial charge on any atom is -0.342 e. The second-order valence-electron chi connectivity index (χ2n) is 9.60. The summed E-state index contributed by atoms with van der Waals surface area (Å²) in [6.07, 6.45) is 10.7. The van der Waals surface area contributed by atoms with Gasteiger partial charge in [-0.3, -0.25) is 4.79 Å². The first kappa shape index (κ1) is 23.0. The van der Waals surface area contributed by atoms with E-state index < -0.39 is 0 Å². The van der Waals surface area contributed by atoms with Gasteiger partial charge in [0, 0.05) is 48.5 Å². The van der Waals surface area contributed by atoms with Crippen LogP contribution < -0.4 is 5.32 Å². The molecule has 2 fully saturated rings. The Morgan fingerprint density at radius 3 is 2.74 bits per heavy atom. The van der Waals surface area contributed by atoms with Crippen LogP contribution in [0.25, 0.3) is 0 Å². The van der Waals surface area contributed by atoms with Crippen LogP contribution in [-0.2, 0) is 11.2 Å². The van der Waals surface area contributed by atoms with Gasteiger partial charge in [-0.2, -0.15) is 0 Å². The van der Waals surface area contributed by atoms with Crippen LogP contribution in [-0.4, -0.2) is 38.8 Å². The van der Waals surface area contributed by atoms with E-state index >= 15 is 0 Å². The van der Waals surface area contributed by atoms with Crippen LogP contribution >= 0.6 is 11.3 Å². The second kappa shape index (κ2) is 10.6. The number of carbonyl (C=O) groups excluding carboxylic acids is 1. The summed E-state index contributed by atoms with van der Waals surface area (Å²) in [6.45, 7) is 3.58. The maximum absolute atomic E-state index is 13.1. The quantitative estimate of drug-likeness (QED) is 0.483. The van der Waals surface area contributed by atoms with Gasteiger partial charge in [0.2, 0.25) is 5.91 Å². The first-order chi connectivity index (χ1) is 16.6. The van der Waals surface area contributed by atoms with E-state index in [1.807, 2.05) is 25.3 Å². The zero-order chi connectivity index (χ0) is 23.3. The van der Waals surface area contributed by atoms with E-state index in [0.29, 0.717) is 5.91 Å². The molecule has 3 heterocycles. The molecule has 0 bridgehead atoms. The number of amides is 1. The van der Waals surface area contributed by atoms with Gasteiger partial charge < -0.3 is 10.2 Å². The lowest BCUT2D eigenvalue weighted by atomic mass is 9.86. The third-order valence-corrected chi connectivity index (χ3v) is 7.89. The maximum Gasteiger partial charge on any atom is 0.225 e. The number of aromatic nitrogens is 3. The predicted molar refractivity (Wildman–Crippen MR) is 137 cm³/mol. The average molecular weight is 476 g/mol. The number of hydrogen-bond donors (Lipinski definition) is 1. The molecule has 178 valence electrons. The normalized spacial score (nSPS) is 19.2. The van der Waals surface area contributed by atoms with Crippen molar-refractivity contribution >= 4 is 28.2 Å². The van der Waals surface area contributed by atoms with Gasteiger partial charge >= 0.3 is 0 Å². The number of hydrogen-bond acceptors (Lipinski definition) is 6. The van der Waals surface area contributed by atoms with Crippen molar-refractivity contribution in [2.75, 3.05) is 18.4 Å². The molecule has 1 aliphatic heterocycles. The minimum absolute atomic E-state index is 0.229. The van der Waals surface area contributed by atoms with Crippen molar-refractivity contribution in [3.05, 3.63) is 64.6 Å². The molecule has 1 saturated heterocycles. The molecule has 1 saturated carbocycles. The summed E-state index contributed by atoms with van der Waals surface area (Å²) in [5, 5.41) is 4.23. The fourth-order valence-corrected chi connectivity index (χ4v) is 6.10. The highest BCUT2D eigenvalue weighted by Crippen LogP contribution is 2.32. The molecule has 0 spiro atoms. The van der Waals surface area contributed by atoms with Crippen molar-refractivity contribution < 1.29 is 4.79 Å². The molecule has 1 amide bonds. The molecule has 6 nitrogen and oxygen atoms in total. The number of anilines is 2. The number of benzene rings is 1. The highest BCUT2D eigenvalue weighted by molar-refractivity contribution is 7.15.